The number of carbonyl (C=O) groups is 2. The summed E-state index contributed by atoms with van der Waals surface area (Å²) in [6, 6.07) is 12.7. The smallest absolute Gasteiger partial charge is 0.267 e. The third kappa shape index (κ3) is 9.63. The van der Waals surface area contributed by atoms with E-state index < -0.39 is 5.91 Å². The number of nitrogens with zero attached hydrogens (tertiary/aromatic N) is 2. The van der Waals surface area contributed by atoms with E-state index in [0.717, 1.165) is 36.9 Å². The van der Waals surface area contributed by atoms with Gasteiger partial charge in [-0.15, -0.1) is 0 Å². The summed E-state index contributed by atoms with van der Waals surface area (Å²) >= 11 is 0. The lowest BCUT2D eigenvalue weighted by molar-refractivity contribution is -0.125. The number of nitrogens with one attached hydrogen (secondary N) is 2. The van der Waals surface area contributed by atoms with Crippen LogP contribution in [-0.4, -0.2) is 62.1 Å². The summed E-state index contributed by atoms with van der Waals surface area (Å²) in [7, 11) is 1.82. The molecule has 0 unspecified atom stereocenters. The van der Waals surface area contributed by atoms with E-state index in [-0.39, 0.29) is 17.6 Å². The van der Waals surface area contributed by atoms with Crippen molar-refractivity contribution in [2.45, 2.75) is 32.6 Å². The first-order valence-corrected chi connectivity index (χ1v) is 13.1. The van der Waals surface area contributed by atoms with Crippen molar-refractivity contribution in [3.63, 3.8) is 0 Å². The molecule has 1 heterocycles. The van der Waals surface area contributed by atoms with Crippen molar-refractivity contribution < 1.29 is 29.1 Å². The summed E-state index contributed by atoms with van der Waals surface area (Å²) in [4.78, 5) is 27.0. The number of hydrogen-bond acceptors (Lipinski definition) is 8. The van der Waals surface area contributed by atoms with Crippen LogP contribution in [0.5, 0.6) is 0 Å². The molecule has 1 saturated carbocycles. The van der Waals surface area contributed by atoms with Gasteiger partial charge in [0.05, 0.1) is 18.9 Å². The predicted octanol–water partition coefficient (Wildman–Crippen LogP) is 3.79. The highest BCUT2D eigenvalue weighted by atomic mass is 19.1. The third-order valence-electron chi connectivity index (χ3n) is 6.48. The van der Waals surface area contributed by atoms with Crippen LogP contribution in [-0.2, 0) is 14.3 Å². The minimum atomic E-state index is -0.542. The molecule has 0 aromatic heterocycles. The van der Waals surface area contributed by atoms with E-state index in [0.29, 0.717) is 44.2 Å². The molecule has 214 valence electrons. The summed E-state index contributed by atoms with van der Waals surface area (Å²) in [5, 5.41) is 17.7. The molecule has 1 aliphatic heterocycles. The number of nitrogens with two attached hydrogens (primary N) is 1. The van der Waals surface area contributed by atoms with Crippen LogP contribution in [0.3, 0.4) is 0 Å². The molecule has 6 N–H and O–H groups in total. The lowest BCUT2D eigenvalue weighted by Crippen LogP contribution is -2.40. The zero-order valence-electron chi connectivity index (χ0n) is 22.6. The molecule has 0 bridgehead atoms. The Kier molecular flexibility index (Phi) is 13.9. The molecule has 0 atom stereocenters. The Hall–Kier alpha value is -3.51. The van der Waals surface area contributed by atoms with Crippen LogP contribution in [0.15, 0.2) is 48.5 Å². The zero-order chi connectivity index (χ0) is 28.6. The molecular weight excluding hydrogens is 505 g/mol. The minimum absolute atomic E-state index is 0.128. The minimum Gasteiger partial charge on any atom is -0.388 e. The van der Waals surface area contributed by atoms with Crippen LogP contribution in [0.25, 0.3) is 6.08 Å². The van der Waals surface area contributed by atoms with Crippen molar-refractivity contribution in [1.29, 1.82) is 0 Å². The van der Waals surface area contributed by atoms with Gasteiger partial charge in [0.1, 0.15) is 5.82 Å². The average molecular weight is 546 g/mol. The Balaban J connectivity index is 0.000000287. The van der Waals surface area contributed by atoms with Gasteiger partial charge >= 0.3 is 0 Å². The molecule has 1 aliphatic carbocycles. The lowest BCUT2D eigenvalue weighted by atomic mass is 9.84. The highest BCUT2D eigenvalue weighted by Gasteiger charge is 2.30. The quantitative estimate of drug-likeness (QED) is 0.192. The standard InChI is InChI=1S/C18H25FN2O2.C10H12N2O2.H3NO/c1-2-8-21(18(22)14-4-3-5-14)15-6-7-17(16(19)13-15)20-9-11-23-12-10-20;1-11-9-4-2-3-8(7-9)5-6-10(13)12-14;1-2/h6-7,13-14H,2-5,8-12H2,1H3;2-7,11,14H,1H3,(H,12,13);2H,1H2/b;6-5+;. The van der Waals surface area contributed by atoms with E-state index in [1.165, 1.54) is 17.6 Å². The van der Waals surface area contributed by atoms with Crippen molar-refractivity contribution in [3.8, 4) is 0 Å². The highest BCUT2D eigenvalue weighted by molar-refractivity contribution is 5.95. The summed E-state index contributed by atoms with van der Waals surface area (Å²) in [5.74, 6) is 2.98. The molecule has 4 rings (SSSR count). The van der Waals surface area contributed by atoms with Crippen LogP contribution in [0.4, 0.5) is 21.5 Å². The Labute approximate surface area is 229 Å². The van der Waals surface area contributed by atoms with Gasteiger partial charge in [-0.05, 0) is 61.2 Å². The largest absolute Gasteiger partial charge is 0.388 e. The topological polar surface area (TPSA) is 140 Å². The summed E-state index contributed by atoms with van der Waals surface area (Å²) in [5.41, 5.74) is 4.66. The maximum absolute atomic E-state index is 14.6. The molecule has 10 nitrogen and oxygen atoms in total. The first kappa shape index (κ1) is 31.7. The number of carbonyl (C=O) groups excluding carboxylic acids is 2. The second kappa shape index (κ2) is 17.2. The second-order valence-corrected chi connectivity index (χ2v) is 9.04. The monoisotopic (exact) mass is 545 g/mol. The number of rotatable bonds is 8. The van der Waals surface area contributed by atoms with Gasteiger partial charge in [0.15, 0.2) is 0 Å². The van der Waals surface area contributed by atoms with Gasteiger partial charge in [-0.2, -0.15) is 0 Å². The van der Waals surface area contributed by atoms with Gasteiger partial charge in [-0.3, -0.25) is 14.8 Å². The van der Waals surface area contributed by atoms with Crippen LogP contribution < -0.4 is 26.5 Å². The predicted molar refractivity (Wildman–Crippen MR) is 150 cm³/mol. The third-order valence-corrected chi connectivity index (χ3v) is 6.48. The number of anilines is 3. The second-order valence-electron chi connectivity index (χ2n) is 9.04. The summed E-state index contributed by atoms with van der Waals surface area (Å²) < 4.78 is 19.9. The van der Waals surface area contributed by atoms with Crippen molar-refractivity contribution in [3.05, 3.63) is 59.9 Å². The number of hydrogen-bond donors (Lipinski definition) is 5. The normalized spacial score (nSPS) is 14.8. The van der Waals surface area contributed by atoms with Crippen molar-refractivity contribution in [1.82, 2.24) is 5.48 Å². The lowest BCUT2D eigenvalue weighted by Gasteiger charge is -2.33. The fourth-order valence-electron chi connectivity index (χ4n) is 4.20. The van der Waals surface area contributed by atoms with Crippen LogP contribution >= 0.6 is 0 Å². The van der Waals surface area contributed by atoms with E-state index in [1.807, 2.05) is 49.2 Å². The molecule has 2 aromatic rings. The SMILES string of the molecule is CCCN(C(=O)C1CCC1)c1ccc(N2CCOCC2)c(F)c1.CNc1cccc(/C=C/C(=O)NO)c1.NO. The van der Waals surface area contributed by atoms with Gasteiger partial charge in [0.2, 0.25) is 5.91 Å². The number of amides is 2. The number of hydroxylamine groups is 1. The number of halogens is 1. The van der Waals surface area contributed by atoms with E-state index >= 15 is 0 Å². The van der Waals surface area contributed by atoms with Gasteiger partial charge in [-0.25, -0.2) is 15.8 Å². The molecule has 2 fully saturated rings. The fraction of sp³-hybridized carbons (Fsp3) is 0.429. The number of benzene rings is 2. The number of ether oxygens (including phenoxy) is 1. The van der Waals surface area contributed by atoms with Gasteiger partial charge in [0, 0.05) is 50.1 Å². The van der Waals surface area contributed by atoms with Gasteiger partial charge in [0.25, 0.3) is 5.91 Å². The zero-order valence-corrected chi connectivity index (χ0v) is 22.6. The maximum atomic E-state index is 14.6. The van der Waals surface area contributed by atoms with E-state index in [2.05, 4.69) is 11.2 Å². The Morgan fingerprint density at radius 2 is 1.90 bits per heavy atom. The van der Waals surface area contributed by atoms with E-state index in [1.54, 1.807) is 17.0 Å². The van der Waals surface area contributed by atoms with Crippen LogP contribution in [0, 0.1) is 11.7 Å². The van der Waals surface area contributed by atoms with Crippen LogP contribution in [0.1, 0.15) is 38.2 Å². The molecule has 2 amide bonds. The molecule has 2 aliphatic rings. The van der Waals surface area contributed by atoms with Gasteiger partial charge < -0.3 is 25.1 Å². The van der Waals surface area contributed by atoms with Crippen molar-refractivity contribution >= 4 is 35.0 Å². The van der Waals surface area contributed by atoms with Crippen molar-refractivity contribution in [2.75, 3.05) is 55.0 Å². The maximum Gasteiger partial charge on any atom is 0.267 e. The van der Waals surface area contributed by atoms with Crippen molar-refractivity contribution in [2.24, 2.45) is 11.8 Å². The molecule has 39 heavy (non-hydrogen) atoms. The average Bonchev–Trinajstić information content (AvgIpc) is 2.95. The highest BCUT2D eigenvalue weighted by Crippen LogP contribution is 2.32. The summed E-state index contributed by atoms with van der Waals surface area (Å²) in [6.07, 6.45) is 6.80. The van der Waals surface area contributed by atoms with E-state index in [4.69, 9.17) is 15.2 Å². The molecule has 0 radical (unpaired) electrons. The molecule has 11 heteroatoms. The Morgan fingerprint density at radius 3 is 2.46 bits per heavy atom. The molecule has 1 saturated heterocycles. The molecule has 0 spiro atoms. The first-order chi connectivity index (χ1) is 19.0. The first-order valence-electron chi connectivity index (χ1n) is 13.1. The van der Waals surface area contributed by atoms with Crippen LogP contribution in [0.2, 0.25) is 0 Å². The number of morpholine rings is 1. The Bertz CT molecular complexity index is 1070. The Morgan fingerprint density at radius 1 is 1.18 bits per heavy atom. The summed E-state index contributed by atoms with van der Waals surface area (Å²) in [6.45, 7) is 5.35. The van der Waals surface area contributed by atoms with E-state index in [9.17, 15) is 14.0 Å². The fourth-order valence-corrected chi connectivity index (χ4v) is 4.20. The molecule has 2 aromatic carbocycles. The van der Waals surface area contributed by atoms with Gasteiger partial charge in [-0.1, -0.05) is 25.5 Å². The molecular formula is C28H40FN5O5.